The molecule has 3 rings (SSSR count). The molecule has 1 aliphatic rings. The Morgan fingerprint density at radius 1 is 1.12 bits per heavy atom. The molecule has 1 fully saturated rings. The highest BCUT2D eigenvalue weighted by Gasteiger charge is 2.32. The van der Waals surface area contributed by atoms with E-state index in [-0.39, 0.29) is 11.8 Å². The van der Waals surface area contributed by atoms with E-state index in [2.05, 4.69) is 15.6 Å². The molecule has 1 aliphatic heterocycles. The average Bonchev–Trinajstić information content (AvgIpc) is 3.08. The van der Waals surface area contributed by atoms with E-state index in [1.807, 2.05) is 6.92 Å². The lowest BCUT2D eigenvalue weighted by molar-refractivity contribution is -0.121. The fraction of sp³-hybridized carbons (Fsp3) is 0.400. The molecular weight excluding hydrogens is 330 g/mol. The van der Waals surface area contributed by atoms with Crippen molar-refractivity contribution in [1.82, 2.24) is 19.2 Å². The van der Waals surface area contributed by atoms with E-state index in [0.717, 1.165) is 5.56 Å². The lowest BCUT2D eigenvalue weighted by atomic mass is 9.98. The van der Waals surface area contributed by atoms with Crippen LogP contribution in [0.25, 0.3) is 0 Å². The van der Waals surface area contributed by atoms with E-state index in [4.69, 9.17) is 0 Å². The molecule has 1 amide bonds. The smallest absolute Gasteiger partial charge is 0.243 e. The number of hydrogen-bond acceptors (Lipinski definition) is 5. The summed E-state index contributed by atoms with van der Waals surface area (Å²) in [6.45, 7) is 2.57. The largest absolute Gasteiger partial charge is 0.273 e. The zero-order valence-corrected chi connectivity index (χ0v) is 14.1. The highest BCUT2D eigenvalue weighted by atomic mass is 32.2. The normalized spacial score (nSPS) is 16.9. The number of sulfonamides is 1. The first kappa shape index (κ1) is 16.6. The van der Waals surface area contributed by atoms with E-state index in [1.54, 1.807) is 24.3 Å². The van der Waals surface area contributed by atoms with Gasteiger partial charge in [0, 0.05) is 19.0 Å². The Kier molecular flexibility index (Phi) is 4.63. The van der Waals surface area contributed by atoms with Crippen LogP contribution in [-0.4, -0.2) is 46.6 Å². The topological polar surface area (TPSA) is 97.2 Å². The third-order valence-electron chi connectivity index (χ3n) is 4.14. The van der Waals surface area contributed by atoms with Crippen LogP contribution in [0.15, 0.2) is 41.8 Å². The minimum atomic E-state index is -3.50. The van der Waals surface area contributed by atoms with Crippen molar-refractivity contribution in [2.24, 2.45) is 5.92 Å². The van der Waals surface area contributed by atoms with E-state index >= 15 is 0 Å². The van der Waals surface area contributed by atoms with Gasteiger partial charge in [-0.3, -0.25) is 10.2 Å². The van der Waals surface area contributed by atoms with Gasteiger partial charge in [0.15, 0.2) is 0 Å². The molecule has 24 heavy (non-hydrogen) atoms. The Hall–Kier alpha value is -2.26. The number of benzene rings is 1. The van der Waals surface area contributed by atoms with Gasteiger partial charge >= 0.3 is 0 Å². The zero-order chi connectivity index (χ0) is 17.2. The second-order valence-corrected chi connectivity index (χ2v) is 7.77. The quantitative estimate of drug-likeness (QED) is 0.879. The van der Waals surface area contributed by atoms with Gasteiger partial charge in [-0.2, -0.15) is 4.31 Å². The lowest BCUT2D eigenvalue weighted by Gasteiger charge is -2.30. The SMILES string of the molecule is Cc1ccc(S(=O)(=O)N2CCC(C(=O)Nn3cnnc3)CC2)cc1. The van der Waals surface area contributed by atoms with Crippen molar-refractivity contribution >= 4 is 15.9 Å². The fourth-order valence-corrected chi connectivity index (χ4v) is 4.16. The number of piperidine rings is 1. The average molecular weight is 349 g/mol. The molecule has 0 spiro atoms. The maximum absolute atomic E-state index is 12.6. The van der Waals surface area contributed by atoms with Crippen molar-refractivity contribution in [2.45, 2.75) is 24.7 Å². The van der Waals surface area contributed by atoms with Gasteiger partial charge in [0.25, 0.3) is 0 Å². The molecule has 0 atom stereocenters. The summed E-state index contributed by atoms with van der Waals surface area (Å²) in [7, 11) is -3.50. The van der Waals surface area contributed by atoms with Gasteiger partial charge < -0.3 is 0 Å². The number of aromatic nitrogens is 3. The minimum Gasteiger partial charge on any atom is -0.273 e. The van der Waals surface area contributed by atoms with Crippen LogP contribution in [0.4, 0.5) is 0 Å². The van der Waals surface area contributed by atoms with Crippen LogP contribution in [0.5, 0.6) is 0 Å². The predicted molar refractivity (Wildman–Crippen MR) is 87.1 cm³/mol. The monoisotopic (exact) mass is 349 g/mol. The Bertz CT molecular complexity index is 794. The Balaban J connectivity index is 1.62. The zero-order valence-electron chi connectivity index (χ0n) is 13.3. The third kappa shape index (κ3) is 3.46. The van der Waals surface area contributed by atoms with Crippen molar-refractivity contribution in [2.75, 3.05) is 18.5 Å². The maximum Gasteiger partial charge on any atom is 0.243 e. The summed E-state index contributed by atoms with van der Waals surface area (Å²) in [5.41, 5.74) is 3.68. The van der Waals surface area contributed by atoms with Crippen molar-refractivity contribution in [3.05, 3.63) is 42.5 Å². The molecule has 0 saturated carbocycles. The number of aryl methyl sites for hydroxylation is 1. The van der Waals surface area contributed by atoms with Crippen LogP contribution in [0.2, 0.25) is 0 Å². The van der Waals surface area contributed by atoms with Crippen molar-refractivity contribution in [3.63, 3.8) is 0 Å². The first-order chi connectivity index (χ1) is 11.5. The number of rotatable bonds is 4. The molecule has 2 aromatic rings. The number of hydrogen-bond donors (Lipinski definition) is 1. The molecule has 1 aromatic heterocycles. The molecule has 1 N–H and O–H groups in total. The highest BCUT2D eigenvalue weighted by Crippen LogP contribution is 2.24. The van der Waals surface area contributed by atoms with E-state index < -0.39 is 10.0 Å². The van der Waals surface area contributed by atoms with Gasteiger partial charge in [-0.25, -0.2) is 13.1 Å². The summed E-state index contributed by atoms with van der Waals surface area (Å²) in [6.07, 6.45) is 3.77. The third-order valence-corrected chi connectivity index (χ3v) is 6.05. The van der Waals surface area contributed by atoms with Crippen molar-refractivity contribution in [3.8, 4) is 0 Å². The van der Waals surface area contributed by atoms with Crippen LogP contribution in [0, 0.1) is 12.8 Å². The van der Waals surface area contributed by atoms with E-state index in [1.165, 1.54) is 21.6 Å². The molecule has 1 aromatic carbocycles. The van der Waals surface area contributed by atoms with Gasteiger partial charge in [0.1, 0.15) is 12.7 Å². The van der Waals surface area contributed by atoms with Crippen LogP contribution in [0.1, 0.15) is 18.4 Å². The van der Waals surface area contributed by atoms with Crippen LogP contribution < -0.4 is 5.43 Å². The van der Waals surface area contributed by atoms with Crippen LogP contribution in [0.3, 0.4) is 0 Å². The van der Waals surface area contributed by atoms with Gasteiger partial charge in [-0.15, -0.1) is 10.2 Å². The molecule has 9 heteroatoms. The number of carbonyl (C=O) groups excluding carboxylic acids is 1. The van der Waals surface area contributed by atoms with Crippen LogP contribution >= 0.6 is 0 Å². The first-order valence-corrected chi connectivity index (χ1v) is 9.13. The van der Waals surface area contributed by atoms with Crippen molar-refractivity contribution in [1.29, 1.82) is 0 Å². The number of nitrogens with zero attached hydrogens (tertiary/aromatic N) is 4. The summed E-state index contributed by atoms with van der Waals surface area (Å²) >= 11 is 0. The Morgan fingerprint density at radius 2 is 1.71 bits per heavy atom. The molecule has 2 heterocycles. The minimum absolute atomic E-state index is 0.151. The van der Waals surface area contributed by atoms with Gasteiger partial charge in [-0.1, -0.05) is 17.7 Å². The summed E-state index contributed by atoms with van der Waals surface area (Å²) in [4.78, 5) is 12.5. The molecule has 0 unspecified atom stereocenters. The number of amides is 1. The fourth-order valence-electron chi connectivity index (χ4n) is 2.69. The van der Waals surface area contributed by atoms with Crippen molar-refractivity contribution < 1.29 is 13.2 Å². The van der Waals surface area contributed by atoms with Gasteiger partial charge in [0.05, 0.1) is 4.90 Å². The molecular formula is C15H19N5O3S. The van der Waals surface area contributed by atoms with E-state index in [9.17, 15) is 13.2 Å². The second kappa shape index (κ2) is 6.70. The number of nitrogens with one attached hydrogen (secondary N) is 1. The highest BCUT2D eigenvalue weighted by molar-refractivity contribution is 7.89. The summed E-state index contributed by atoms with van der Waals surface area (Å²) in [5, 5.41) is 7.23. The molecule has 128 valence electrons. The summed E-state index contributed by atoms with van der Waals surface area (Å²) in [5.74, 6) is -0.376. The second-order valence-electron chi connectivity index (χ2n) is 5.84. The standard InChI is InChI=1S/C15H19N5O3S/c1-12-2-4-14(5-3-12)24(22,23)20-8-6-13(7-9-20)15(21)18-19-10-16-17-11-19/h2-5,10-11,13H,6-9H2,1H3,(H,18,21). The number of carbonyl (C=O) groups is 1. The van der Waals surface area contributed by atoms with Gasteiger partial charge in [-0.05, 0) is 31.9 Å². The first-order valence-electron chi connectivity index (χ1n) is 7.69. The van der Waals surface area contributed by atoms with E-state index in [0.29, 0.717) is 30.8 Å². The molecule has 8 nitrogen and oxygen atoms in total. The predicted octanol–water partition coefficient (Wildman–Crippen LogP) is 0.758. The lowest BCUT2D eigenvalue weighted by Crippen LogP contribution is -2.42. The Morgan fingerprint density at radius 3 is 2.29 bits per heavy atom. The van der Waals surface area contributed by atoms with Crippen LogP contribution in [-0.2, 0) is 14.8 Å². The van der Waals surface area contributed by atoms with Gasteiger partial charge in [0.2, 0.25) is 15.9 Å². The molecule has 0 aliphatic carbocycles. The summed E-state index contributed by atoms with van der Waals surface area (Å²) < 4.78 is 28.1. The Labute approximate surface area is 140 Å². The molecule has 0 radical (unpaired) electrons. The molecule has 1 saturated heterocycles. The summed E-state index contributed by atoms with van der Waals surface area (Å²) in [6, 6.07) is 6.81. The molecule has 0 bridgehead atoms. The maximum atomic E-state index is 12.6.